The summed E-state index contributed by atoms with van der Waals surface area (Å²) in [5, 5.41) is 20.2. The van der Waals surface area contributed by atoms with Gasteiger partial charge in [-0.1, -0.05) is 38.1 Å². The Morgan fingerprint density at radius 2 is 1.78 bits per heavy atom. The van der Waals surface area contributed by atoms with E-state index in [0.29, 0.717) is 11.3 Å². The number of carbonyl (C=O) groups excluding carboxylic acids is 2. The number of phenols is 1. The van der Waals surface area contributed by atoms with Gasteiger partial charge in [-0.25, -0.2) is 0 Å². The molecular formula is C22H23NO4. The molecule has 1 aliphatic rings. The van der Waals surface area contributed by atoms with Crippen molar-refractivity contribution in [2.75, 3.05) is 4.90 Å². The summed E-state index contributed by atoms with van der Waals surface area (Å²) in [6, 6.07) is 13.0. The first-order valence-corrected chi connectivity index (χ1v) is 8.95. The highest BCUT2D eigenvalue weighted by molar-refractivity contribution is 6.16. The summed E-state index contributed by atoms with van der Waals surface area (Å²) >= 11 is 0. The van der Waals surface area contributed by atoms with E-state index in [0.717, 1.165) is 5.56 Å². The number of hydrogen-bond acceptors (Lipinski definition) is 4. The second-order valence-electron chi connectivity index (χ2n) is 7.29. The molecule has 2 aromatic rings. The van der Waals surface area contributed by atoms with Gasteiger partial charge in [-0.15, -0.1) is 0 Å². The van der Waals surface area contributed by atoms with E-state index in [2.05, 4.69) is 0 Å². The molecule has 1 unspecified atom stereocenters. The molecule has 0 aliphatic carbocycles. The first kappa shape index (κ1) is 18.7. The normalized spacial score (nSPS) is 17.1. The first-order chi connectivity index (χ1) is 12.8. The van der Waals surface area contributed by atoms with Gasteiger partial charge in [0, 0.05) is 12.1 Å². The zero-order chi connectivity index (χ0) is 19.7. The Morgan fingerprint density at radius 1 is 1.11 bits per heavy atom. The number of aromatic hydroxyl groups is 1. The maximum atomic E-state index is 12.9. The lowest BCUT2D eigenvalue weighted by Crippen LogP contribution is -2.31. The van der Waals surface area contributed by atoms with Crippen molar-refractivity contribution < 1.29 is 19.8 Å². The van der Waals surface area contributed by atoms with Crippen LogP contribution in [0.5, 0.6) is 5.75 Å². The highest BCUT2D eigenvalue weighted by Crippen LogP contribution is 2.42. The van der Waals surface area contributed by atoms with Crippen LogP contribution >= 0.6 is 0 Å². The van der Waals surface area contributed by atoms with Crippen molar-refractivity contribution in [1.29, 1.82) is 0 Å². The van der Waals surface area contributed by atoms with Gasteiger partial charge in [-0.3, -0.25) is 14.5 Å². The van der Waals surface area contributed by atoms with E-state index in [4.69, 9.17) is 0 Å². The molecule has 3 rings (SSSR count). The molecule has 0 fully saturated rings. The number of hydrogen-bond donors (Lipinski definition) is 2. The number of Topliss-reactive ketones (excluding diaryl/α,β-unsaturated/α-hetero) is 1. The highest BCUT2D eigenvalue weighted by Gasteiger charge is 2.44. The minimum absolute atomic E-state index is 0.0911. The lowest BCUT2D eigenvalue weighted by molar-refractivity contribution is -0.118. The minimum atomic E-state index is -0.730. The van der Waals surface area contributed by atoms with Crippen molar-refractivity contribution in [3.63, 3.8) is 0 Å². The molecule has 0 radical (unpaired) electrons. The number of aliphatic hydroxyl groups is 1. The van der Waals surface area contributed by atoms with Gasteiger partial charge >= 0.3 is 0 Å². The first-order valence-electron chi connectivity index (χ1n) is 8.95. The van der Waals surface area contributed by atoms with E-state index in [9.17, 15) is 19.8 Å². The minimum Gasteiger partial charge on any atom is -0.508 e. The number of rotatable bonds is 5. The molecule has 0 aromatic heterocycles. The van der Waals surface area contributed by atoms with Crippen LogP contribution in [-0.4, -0.2) is 21.9 Å². The Balaban J connectivity index is 2.15. The number of aliphatic hydroxyl groups excluding tert-OH is 1. The van der Waals surface area contributed by atoms with Gasteiger partial charge < -0.3 is 10.2 Å². The fourth-order valence-electron chi connectivity index (χ4n) is 3.39. The zero-order valence-corrected chi connectivity index (χ0v) is 15.6. The molecular weight excluding hydrogens is 342 g/mol. The van der Waals surface area contributed by atoms with E-state index in [-0.39, 0.29) is 29.4 Å². The smallest absolute Gasteiger partial charge is 0.294 e. The van der Waals surface area contributed by atoms with Crippen LogP contribution < -0.4 is 4.90 Å². The second kappa shape index (κ2) is 7.27. The SMILES string of the molecule is Cc1cccc(N2C(=O)C(O)=C(C(=O)CC(C)C)C2c2ccc(O)cc2)c1. The molecule has 5 heteroatoms. The van der Waals surface area contributed by atoms with Crippen LogP contribution in [0.1, 0.15) is 37.4 Å². The van der Waals surface area contributed by atoms with Gasteiger partial charge in [-0.05, 0) is 48.2 Å². The van der Waals surface area contributed by atoms with Crippen LogP contribution in [0.2, 0.25) is 0 Å². The van der Waals surface area contributed by atoms with Crippen molar-refractivity contribution in [2.24, 2.45) is 5.92 Å². The van der Waals surface area contributed by atoms with Crippen molar-refractivity contribution in [2.45, 2.75) is 33.2 Å². The predicted octanol–water partition coefficient (Wildman–Crippen LogP) is 4.22. The van der Waals surface area contributed by atoms with Crippen molar-refractivity contribution in [3.8, 4) is 5.75 Å². The van der Waals surface area contributed by atoms with Gasteiger partial charge in [0.25, 0.3) is 5.91 Å². The number of amides is 1. The summed E-state index contributed by atoms with van der Waals surface area (Å²) in [7, 11) is 0. The maximum Gasteiger partial charge on any atom is 0.294 e. The second-order valence-corrected chi connectivity index (χ2v) is 7.29. The van der Waals surface area contributed by atoms with Gasteiger partial charge in [0.05, 0.1) is 11.6 Å². The summed E-state index contributed by atoms with van der Waals surface area (Å²) in [5.41, 5.74) is 2.34. The molecule has 2 N–H and O–H groups in total. The predicted molar refractivity (Wildman–Crippen MR) is 104 cm³/mol. The van der Waals surface area contributed by atoms with Crippen LogP contribution in [0.3, 0.4) is 0 Å². The molecule has 0 saturated carbocycles. The Bertz CT molecular complexity index is 912. The summed E-state index contributed by atoms with van der Waals surface area (Å²) < 4.78 is 0. The number of benzene rings is 2. The average Bonchev–Trinajstić information content (AvgIpc) is 2.86. The molecule has 1 heterocycles. The Labute approximate surface area is 158 Å². The number of carbonyl (C=O) groups is 2. The van der Waals surface area contributed by atoms with Gasteiger partial charge in [0.15, 0.2) is 11.5 Å². The average molecular weight is 365 g/mol. The lowest BCUT2D eigenvalue weighted by atomic mass is 9.92. The number of ketones is 1. The Hall–Kier alpha value is -3.08. The summed E-state index contributed by atoms with van der Waals surface area (Å²) in [6.07, 6.45) is 0.239. The van der Waals surface area contributed by atoms with Crippen LogP contribution in [-0.2, 0) is 9.59 Å². The topological polar surface area (TPSA) is 77.8 Å². The highest BCUT2D eigenvalue weighted by atomic mass is 16.3. The summed E-state index contributed by atoms with van der Waals surface area (Å²) in [4.78, 5) is 27.2. The monoisotopic (exact) mass is 365 g/mol. The van der Waals surface area contributed by atoms with E-state index < -0.39 is 17.7 Å². The van der Waals surface area contributed by atoms with Gasteiger partial charge in [-0.2, -0.15) is 0 Å². The zero-order valence-electron chi connectivity index (χ0n) is 15.6. The van der Waals surface area contributed by atoms with Crippen molar-refractivity contribution in [3.05, 3.63) is 71.0 Å². The molecule has 0 saturated heterocycles. The van der Waals surface area contributed by atoms with Crippen molar-refractivity contribution >= 4 is 17.4 Å². The largest absolute Gasteiger partial charge is 0.508 e. The Kier molecular flexibility index (Phi) is 5.04. The molecule has 2 aromatic carbocycles. The van der Waals surface area contributed by atoms with E-state index in [1.807, 2.05) is 39.0 Å². The molecule has 5 nitrogen and oxygen atoms in total. The molecule has 1 atom stereocenters. The summed E-state index contributed by atoms with van der Waals surface area (Å²) in [6.45, 7) is 5.75. The fourth-order valence-corrected chi connectivity index (χ4v) is 3.39. The van der Waals surface area contributed by atoms with Gasteiger partial charge in [0.1, 0.15) is 5.75 Å². The lowest BCUT2D eigenvalue weighted by Gasteiger charge is -2.27. The van der Waals surface area contributed by atoms with E-state index >= 15 is 0 Å². The third-order valence-corrected chi connectivity index (χ3v) is 4.59. The maximum absolute atomic E-state index is 12.9. The van der Waals surface area contributed by atoms with Gasteiger partial charge in [0.2, 0.25) is 0 Å². The molecule has 0 bridgehead atoms. The van der Waals surface area contributed by atoms with Crippen molar-refractivity contribution in [1.82, 2.24) is 0 Å². The number of phenolic OH excluding ortho intramolecular Hbond substituents is 1. The Morgan fingerprint density at radius 3 is 2.37 bits per heavy atom. The molecule has 140 valence electrons. The number of nitrogens with zero attached hydrogens (tertiary/aromatic N) is 1. The van der Waals surface area contributed by atoms with Crippen LogP contribution in [0, 0.1) is 12.8 Å². The number of anilines is 1. The van der Waals surface area contributed by atoms with E-state index in [1.165, 1.54) is 17.0 Å². The van der Waals surface area contributed by atoms with E-state index in [1.54, 1.807) is 18.2 Å². The molecule has 27 heavy (non-hydrogen) atoms. The number of aryl methyl sites for hydroxylation is 1. The molecule has 1 aliphatic heterocycles. The third kappa shape index (κ3) is 3.58. The van der Waals surface area contributed by atoms with Crippen LogP contribution in [0.25, 0.3) is 0 Å². The fraction of sp³-hybridized carbons (Fsp3) is 0.273. The third-order valence-electron chi connectivity index (χ3n) is 4.59. The molecule has 1 amide bonds. The van der Waals surface area contributed by atoms with Crippen LogP contribution in [0.15, 0.2) is 59.9 Å². The molecule has 0 spiro atoms. The standard InChI is InChI=1S/C22H23NO4/c1-13(2)11-18(25)19-20(15-7-9-17(24)10-8-15)23(22(27)21(19)26)16-6-4-5-14(3)12-16/h4-10,12-13,20,24,26H,11H2,1-3H3. The quantitative estimate of drug-likeness (QED) is 0.832. The van der Waals surface area contributed by atoms with Crippen LogP contribution in [0.4, 0.5) is 5.69 Å². The summed E-state index contributed by atoms with van der Waals surface area (Å²) in [5.74, 6) is -1.15.